The van der Waals surface area contributed by atoms with Crippen molar-refractivity contribution in [3.63, 3.8) is 0 Å². The van der Waals surface area contributed by atoms with E-state index in [0.717, 1.165) is 12.1 Å². The van der Waals surface area contributed by atoms with E-state index in [1.54, 1.807) is 0 Å². The molecule has 0 spiro atoms. The molecule has 1 atom stereocenters. The summed E-state index contributed by atoms with van der Waals surface area (Å²) in [7, 11) is 0. The third kappa shape index (κ3) is 2.15. The highest BCUT2D eigenvalue weighted by Gasteiger charge is 2.14. The van der Waals surface area contributed by atoms with Gasteiger partial charge < -0.3 is 10.2 Å². The van der Waals surface area contributed by atoms with E-state index in [1.165, 1.54) is 13.0 Å². The maximum absolute atomic E-state index is 12.2. The second kappa shape index (κ2) is 3.70. The van der Waals surface area contributed by atoms with E-state index in [2.05, 4.69) is 0 Å². The predicted molar refractivity (Wildman–Crippen MR) is 43.7 cm³/mol. The molecule has 0 aromatic heterocycles. The average molecular weight is 188 g/mol. The first-order valence-electron chi connectivity index (χ1n) is 3.81. The van der Waals surface area contributed by atoms with Crippen LogP contribution in [0.5, 0.6) is 5.75 Å². The Morgan fingerprint density at radius 3 is 2.38 bits per heavy atom. The summed E-state index contributed by atoms with van der Waals surface area (Å²) in [5.41, 5.74) is -0.0773. The van der Waals surface area contributed by atoms with Crippen LogP contribution >= 0.6 is 0 Å². The van der Waals surface area contributed by atoms with Gasteiger partial charge >= 0.3 is 0 Å². The number of phenols is 1. The van der Waals surface area contributed by atoms with E-state index in [0.29, 0.717) is 5.56 Å². The Kier molecular flexibility index (Phi) is 2.83. The lowest BCUT2D eigenvalue weighted by Gasteiger charge is -2.08. The van der Waals surface area contributed by atoms with Gasteiger partial charge in [-0.15, -0.1) is 0 Å². The van der Waals surface area contributed by atoms with Gasteiger partial charge in [-0.2, -0.15) is 0 Å². The summed E-state index contributed by atoms with van der Waals surface area (Å²) in [5, 5.41) is 18.1. The van der Waals surface area contributed by atoms with E-state index in [-0.39, 0.29) is 0 Å². The minimum atomic E-state index is -2.72. The Morgan fingerprint density at radius 2 is 1.92 bits per heavy atom. The van der Waals surface area contributed by atoms with E-state index < -0.39 is 23.8 Å². The molecule has 72 valence electrons. The average Bonchev–Trinajstić information content (AvgIpc) is 2.04. The molecule has 0 heterocycles. The highest BCUT2D eigenvalue weighted by molar-refractivity contribution is 5.37. The molecule has 2 nitrogen and oxygen atoms in total. The van der Waals surface area contributed by atoms with Crippen LogP contribution in [-0.4, -0.2) is 10.2 Å². The smallest absolute Gasteiger partial charge is 0.267 e. The number of aliphatic hydroxyl groups excluding tert-OH is 1. The first-order valence-corrected chi connectivity index (χ1v) is 3.81. The summed E-state index contributed by atoms with van der Waals surface area (Å²) < 4.78 is 24.5. The quantitative estimate of drug-likeness (QED) is 0.748. The van der Waals surface area contributed by atoms with Gasteiger partial charge in [-0.05, 0) is 24.6 Å². The molecule has 4 heteroatoms. The summed E-state index contributed by atoms with van der Waals surface area (Å²) >= 11 is 0. The highest BCUT2D eigenvalue weighted by Crippen LogP contribution is 2.30. The second-order valence-electron chi connectivity index (χ2n) is 2.79. The molecule has 0 saturated heterocycles. The van der Waals surface area contributed by atoms with Gasteiger partial charge in [0, 0.05) is 0 Å². The van der Waals surface area contributed by atoms with Crippen LogP contribution in [0.4, 0.5) is 8.78 Å². The molecule has 13 heavy (non-hydrogen) atoms. The van der Waals surface area contributed by atoms with Crippen molar-refractivity contribution in [1.29, 1.82) is 0 Å². The Labute approximate surface area is 74.4 Å². The van der Waals surface area contributed by atoms with Crippen LogP contribution < -0.4 is 0 Å². The maximum atomic E-state index is 12.2. The van der Waals surface area contributed by atoms with E-state index in [4.69, 9.17) is 10.2 Å². The van der Waals surface area contributed by atoms with Crippen LogP contribution in [0.25, 0.3) is 0 Å². The zero-order valence-corrected chi connectivity index (χ0v) is 7.04. The largest absolute Gasteiger partial charge is 0.507 e. The lowest BCUT2D eigenvalue weighted by Crippen LogP contribution is -1.93. The van der Waals surface area contributed by atoms with Crippen LogP contribution in [-0.2, 0) is 0 Å². The zero-order chi connectivity index (χ0) is 10.0. The number of phenolic OH excluding ortho intramolecular Hbond substituents is 1. The summed E-state index contributed by atoms with van der Waals surface area (Å²) in [4.78, 5) is 0. The van der Waals surface area contributed by atoms with Gasteiger partial charge in [-0.25, -0.2) is 8.78 Å². The summed E-state index contributed by atoms with van der Waals surface area (Å²) in [6.45, 7) is 1.47. The van der Waals surface area contributed by atoms with E-state index >= 15 is 0 Å². The fourth-order valence-electron chi connectivity index (χ4n) is 1.01. The highest BCUT2D eigenvalue weighted by atomic mass is 19.3. The molecule has 0 aliphatic heterocycles. The van der Waals surface area contributed by atoms with Crippen molar-refractivity contribution in [3.8, 4) is 5.75 Å². The van der Waals surface area contributed by atoms with Gasteiger partial charge in [0.2, 0.25) is 0 Å². The fraction of sp³-hybridized carbons (Fsp3) is 0.333. The number of hydrogen-bond donors (Lipinski definition) is 2. The van der Waals surface area contributed by atoms with Gasteiger partial charge in [0.05, 0.1) is 11.7 Å². The van der Waals surface area contributed by atoms with Crippen LogP contribution in [0, 0.1) is 0 Å². The zero-order valence-electron chi connectivity index (χ0n) is 7.04. The Morgan fingerprint density at radius 1 is 1.31 bits per heavy atom. The number of hydrogen-bond acceptors (Lipinski definition) is 2. The monoisotopic (exact) mass is 188 g/mol. The van der Waals surface area contributed by atoms with E-state index in [9.17, 15) is 8.78 Å². The molecule has 1 unspecified atom stereocenters. The van der Waals surface area contributed by atoms with E-state index in [1.807, 2.05) is 0 Å². The minimum Gasteiger partial charge on any atom is -0.507 e. The van der Waals surface area contributed by atoms with Gasteiger partial charge in [0.15, 0.2) is 0 Å². The van der Waals surface area contributed by atoms with Crippen LogP contribution in [0.15, 0.2) is 18.2 Å². The number of aliphatic hydroxyl groups is 1. The van der Waals surface area contributed by atoms with Crippen molar-refractivity contribution < 1.29 is 19.0 Å². The molecule has 0 saturated carbocycles. The van der Waals surface area contributed by atoms with Crippen molar-refractivity contribution in [2.45, 2.75) is 19.5 Å². The number of halogens is 2. The lowest BCUT2D eigenvalue weighted by atomic mass is 10.1. The van der Waals surface area contributed by atoms with Crippen molar-refractivity contribution in [2.24, 2.45) is 0 Å². The first kappa shape index (κ1) is 9.92. The predicted octanol–water partition coefficient (Wildman–Crippen LogP) is 2.38. The molecule has 0 bridgehead atoms. The molecule has 1 aromatic rings. The summed E-state index contributed by atoms with van der Waals surface area (Å²) in [6.07, 6.45) is -3.53. The third-order valence-corrected chi connectivity index (χ3v) is 1.77. The molecule has 0 aliphatic rings. The van der Waals surface area contributed by atoms with Gasteiger partial charge in [0.1, 0.15) is 5.75 Å². The Hall–Kier alpha value is -1.16. The topological polar surface area (TPSA) is 40.5 Å². The minimum absolute atomic E-state index is 0.369. The second-order valence-corrected chi connectivity index (χ2v) is 2.79. The van der Waals surface area contributed by atoms with Crippen molar-refractivity contribution >= 4 is 0 Å². The Balaban J connectivity index is 3.11. The summed E-state index contributed by atoms with van der Waals surface area (Å²) in [6, 6.07) is 3.67. The molecule has 0 aliphatic carbocycles. The molecule has 1 aromatic carbocycles. The third-order valence-electron chi connectivity index (χ3n) is 1.77. The summed E-state index contributed by atoms with van der Waals surface area (Å²) in [5.74, 6) is -0.445. The lowest BCUT2D eigenvalue weighted by molar-refractivity contribution is 0.146. The molecule has 2 N–H and O–H groups in total. The number of aromatic hydroxyl groups is 1. The fourth-order valence-corrected chi connectivity index (χ4v) is 1.01. The molecular weight excluding hydrogens is 178 g/mol. The van der Waals surface area contributed by atoms with Gasteiger partial charge in [0.25, 0.3) is 6.43 Å². The van der Waals surface area contributed by atoms with Crippen LogP contribution in [0.3, 0.4) is 0 Å². The van der Waals surface area contributed by atoms with Gasteiger partial charge in [-0.1, -0.05) is 6.07 Å². The van der Waals surface area contributed by atoms with Gasteiger partial charge in [-0.3, -0.25) is 0 Å². The SMILES string of the molecule is CC(O)c1ccc(O)c(C(F)F)c1. The number of benzene rings is 1. The molecule has 0 amide bonds. The molecular formula is C9H10F2O2. The van der Waals surface area contributed by atoms with Crippen LogP contribution in [0.2, 0.25) is 0 Å². The maximum Gasteiger partial charge on any atom is 0.267 e. The first-order chi connectivity index (χ1) is 6.02. The number of rotatable bonds is 2. The van der Waals surface area contributed by atoms with Crippen LogP contribution in [0.1, 0.15) is 30.6 Å². The van der Waals surface area contributed by atoms with Crippen molar-refractivity contribution in [2.75, 3.05) is 0 Å². The number of alkyl halides is 2. The molecule has 1 rings (SSSR count). The molecule has 0 fully saturated rings. The standard InChI is InChI=1S/C9H10F2O2/c1-5(12)6-2-3-8(13)7(4-6)9(10)11/h2-5,9,12-13H,1H3. The normalized spacial score (nSPS) is 13.3. The van der Waals surface area contributed by atoms with Crippen molar-refractivity contribution in [1.82, 2.24) is 0 Å². The Bertz CT molecular complexity index is 298. The van der Waals surface area contributed by atoms with Crippen molar-refractivity contribution in [3.05, 3.63) is 29.3 Å². The molecule has 0 radical (unpaired) electrons.